The lowest BCUT2D eigenvalue weighted by Gasteiger charge is -2.20. The van der Waals surface area contributed by atoms with Crippen LogP contribution in [0.15, 0.2) is 55.1 Å². The zero-order chi connectivity index (χ0) is 13.8. The lowest BCUT2D eigenvalue weighted by atomic mass is 9.90. The number of anilines is 1. The second-order valence-corrected chi connectivity index (χ2v) is 5.47. The summed E-state index contributed by atoms with van der Waals surface area (Å²) < 4.78 is 0. The van der Waals surface area contributed by atoms with Gasteiger partial charge in [-0.25, -0.2) is 0 Å². The number of fused-ring (bicyclic) bond motifs is 1. The zero-order valence-electron chi connectivity index (χ0n) is 11.9. The van der Waals surface area contributed by atoms with Crippen molar-refractivity contribution in [2.45, 2.75) is 25.7 Å². The molecular formula is C19H21N. The summed E-state index contributed by atoms with van der Waals surface area (Å²) in [5, 5.41) is 3.57. The molecule has 1 aliphatic rings. The van der Waals surface area contributed by atoms with Crippen molar-refractivity contribution in [3.05, 3.63) is 71.8 Å². The van der Waals surface area contributed by atoms with Crippen molar-refractivity contribution in [1.29, 1.82) is 0 Å². The fourth-order valence-corrected chi connectivity index (χ4v) is 2.92. The second-order valence-electron chi connectivity index (χ2n) is 5.47. The highest BCUT2D eigenvalue weighted by Gasteiger charge is 2.12. The Hall–Kier alpha value is -2.02. The fourth-order valence-electron chi connectivity index (χ4n) is 2.92. The Bertz CT molecular complexity index is 598. The van der Waals surface area contributed by atoms with Gasteiger partial charge in [0, 0.05) is 12.2 Å². The van der Waals surface area contributed by atoms with Crippen LogP contribution in [0, 0.1) is 0 Å². The molecular weight excluding hydrogens is 242 g/mol. The van der Waals surface area contributed by atoms with Crippen LogP contribution in [0.1, 0.15) is 29.5 Å². The van der Waals surface area contributed by atoms with Crippen molar-refractivity contribution < 1.29 is 0 Å². The highest BCUT2D eigenvalue weighted by molar-refractivity contribution is 5.68. The standard InChI is InChI=1S/C19H21N/c1-15(16-8-3-2-4-9-16)14-20-19-13-7-11-17-10-5-6-12-18(17)19/h2-4,7-9,11,13,20H,1,5-6,10,12,14H2. The summed E-state index contributed by atoms with van der Waals surface area (Å²) >= 11 is 0. The van der Waals surface area contributed by atoms with E-state index in [-0.39, 0.29) is 0 Å². The van der Waals surface area contributed by atoms with E-state index in [4.69, 9.17) is 0 Å². The predicted octanol–water partition coefficient (Wildman–Crippen LogP) is 4.69. The van der Waals surface area contributed by atoms with Crippen LogP contribution in [0.3, 0.4) is 0 Å². The molecule has 0 aliphatic heterocycles. The maximum atomic E-state index is 4.19. The van der Waals surface area contributed by atoms with E-state index in [1.165, 1.54) is 48.1 Å². The third kappa shape index (κ3) is 2.77. The third-order valence-electron chi connectivity index (χ3n) is 4.07. The van der Waals surface area contributed by atoms with E-state index >= 15 is 0 Å². The summed E-state index contributed by atoms with van der Waals surface area (Å²) in [6.45, 7) is 5.00. The highest BCUT2D eigenvalue weighted by Crippen LogP contribution is 2.28. The second kappa shape index (κ2) is 5.96. The van der Waals surface area contributed by atoms with Crippen molar-refractivity contribution in [2.75, 3.05) is 11.9 Å². The minimum absolute atomic E-state index is 0.806. The van der Waals surface area contributed by atoms with Gasteiger partial charge in [0.15, 0.2) is 0 Å². The average molecular weight is 263 g/mol. The molecule has 1 heteroatoms. The Kier molecular flexibility index (Phi) is 3.87. The average Bonchev–Trinajstić information content (AvgIpc) is 2.53. The number of hydrogen-bond acceptors (Lipinski definition) is 1. The molecule has 20 heavy (non-hydrogen) atoms. The first kappa shape index (κ1) is 13.0. The lowest BCUT2D eigenvalue weighted by molar-refractivity contribution is 0.686. The minimum Gasteiger partial charge on any atom is -0.381 e. The SMILES string of the molecule is C=C(CNc1cccc2c1CCCC2)c1ccccc1. The van der Waals surface area contributed by atoms with Gasteiger partial charge in [-0.2, -0.15) is 0 Å². The van der Waals surface area contributed by atoms with Crippen molar-refractivity contribution in [3.63, 3.8) is 0 Å². The van der Waals surface area contributed by atoms with Gasteiger partial charge in [0.1, 0.15) is 0 Å². The summed E-state index contributed by atoms with van der Waals surface area (Å²) in [5.41, 5.74) is 6.68. The quantitative estimate of drug-likeness (QED) is 0.843. The monoisotopic (exact) mass is 263 g/mol. The van der Waals surface area contributed by atoms with E-state index in [0.717, 1.165) is 12.1 Å². The molecule has 1 N–H and O–H groups in total. The van der Waals surface area contributed by atoms with Crippen LogP contribution in [0.4, 0.5) is 5.69 Å². The maximum Gasteiger partial charge on any atom is 0.0400 e. The number of nitrogens with one attached hydrogen (secondary N) is 1. The van der Waals surface area contributed by atoms with Gasteiger partial charge in [-0.05, 0) is 54.0 Å². The normalized spacial score (nSPS) is 13.6. The highest BCUT2D eigenvalue weighted by atomic mass is 14.9. The maximum absolute atomic E-state index is 4.19. The molecule has 0 aromatic heterocycles. The molecule has 1 nitrogen and oxygen atoms in total. The Morgan fingerprint density at radius 2 is 1.75 bits per heavy atom. The van der Waals surface area contributed by atoms with Crippen molar-refractivity contribution in [2.24, 2.45) is 0 Å². The van der Waals surface area contributed by atoms with Crippen molar-refractivity contribution in [3.8, 4) is 0 Å². The largest absolute Gasteiger partial charge is 0.381 e. The lowest BCUT2D eigenvalue weighted by Crippen LogP contribution is -2.10. The summed E-state index contributed by atoms with van der Waals surface area (Å²) in [5.74, 6) is 0. The van der Waals surface area contributed by atoms with Crippen molar-refractivity contribution in [1.82, 2.24) is 0 Å². The van der Waals surface area contributed by atoms with Crippen LogP contribution >= 0.6 is 0 Å². The summed E-state index contributed by atoms with van der Waals surface area (Å²) in [6, 6.07) is 17.0. The Morgan fingerprint density at radius 1 is 0.950 bits per heavy atom. The van der Waals surface area contributed by atoms with Gasteiger partial charge >= 0.3 is 0 Å². The molecule has 0 amide bonds. The molecule has 0 unspecified atom stereocenters. The molecule has 0 spiro atoms. The van der Waals surface area contributed by atoms with Gasteiger partial charge in [-0.3, -0.25) is 0 Å². The van der Waals surface area contributed by atoms with E-state index < -0.39 is 0 Å². The van der Waals surface area contributed by atoms with Gasteiger partial charge in [-0.15, -0.1) is 0 Å². The van der Waals surface area contributed by atoms with Crippen LogP contribution < -0.4 is 5.32 Å². The molecule has 102 valence electrons. The molecule has 1 aliphatic carbocycles. The van der Waals surface area contributed by atoms with Crippen LogP contribution in [0.2, 0.25) is 0 Å². The molecule has 0 fully saturated rings. The molecule has 0 radical (unpaired) electrons. The van der Waals surface area contributed by atoms with Crippen LogP contribution in [0.25, 0.3) is 5.57 Å². The third-order valence-corrected chi connectivity index (χ3v) is 4.07. The van der Waals surface area contributed by atoms with Gasteiger partial charge in [0.2, 0.25) is 0 Å². The molecule has 2 aromatic rings. The fraction of sp³-hybridized carbons (Fsp3) is 0.263. The Morgan fingerprint density at radius 3 is 2.60 bits per heavy atom. The first-order chi connectivity index (χ1) is 9.84. The van der Waals surface area contributed by atoms with Crippen LogP contribution in [-0.4, -0.2) is 6.54 Å². The molecule has 2 aromatic carbocycles. The number of aryl methyl sites for hydroxylation is 1. The summed E-state index contributed by atoms with van der Waals surface area (Å²) in [7, 11) is 0. The molecule has 0 atom stereocenters. The minimum atomic E-state index is 0.806. The van der Waals surface area contributed by atoms with Gasteiger partial charge in [0.05, 0.1) is 0 Å². The molecule has 0 heterocycles. The summed E-state index contributed by atoms with van der Waals surface area (Å²) in [6.07, 6.45) is 5.07. The van der Waals surface area contributed by atoms with Gasteiger partial charge in [0.25, 0.3) is 0 Å². The zero-order valence-corrected chi connectivity index (χ0v) is 11.9. The number of rotatable bonds is 4. The van der Waals surface area contributed by atoms with Gasteiger partial charge in [-0.1, -0.05) is 49.0 Å². The molecule has 0 saturated carbocycles. The van der Waals surface area contributed by atoms with Gasteiger partial charge < -0.3 is 5.32 Å². The van der Waals surface area contributed by atoms with E-state index in [2.05, 4.69) is 54.4 Å². The Labute approximate surface area is 121 Å². The predicted molar refractivity (Wildman–Crippen MR) is 87.0 cm³/mol. The first-order valence-electron chi connectivity index (χ1n) is 7.42. The summed E-state index contributed by atoms with van der Waals surface area (Å²) in [4.78, 5) is 0. The number of benzene rings is 2. The number of hydrogen-bond donors (Lipinski definition) is 1. The van der Waals surface area contributed by atoms with Crippen molar-refractivity contribution >= 4 is 11.3 Å². The van der Waals surface area contributed by atoms with E-state index in [1.54, 1.807) is 0 Å². The van der Waals surface area contributed by atoms with E-state index in [0.29, 0.717) is 0 Å². The van der Waals surface area contributed by atoms with E-state index in [1.807, 2.05) is 6.07 Å². The smallest absolute Gasteiger partial charge is 0.0400 e. The molecule has 0 saturated heterocycles. The molecule has 3 rings (SSSR count). The van der Waals surface area contributed by atoms with E-state index in [9.17, 15) is 0 Å². The Balaban J connectivity index is 1.71. The first-order valence-corrected chi connectivity index (χ1v) is 7.42. The topological polar surface area (TPSA) is 12.0 Å². The molecule has 0 bridgehead atoms. The van der Waals surface area contributed by atoms with Crippen LogP contribution in [-0.2, 0) is 12.8 Å². The van der Waals surface area contributed by atoms with Crippen LogP contribution in [0.5, 0.6) is 0 Å².